The number of hydrogen-bond acceptors (Lipinski definition) is 3. The number of para-hydroxylation sites is 1. The van der Waals surface area contributed by atoms with E-state index in [0.29, 0.717) is 11.6 Å². The zero-order valence-electron chi connectivity index (χ0n) is 10.8. The Morgan fingerprint density at radius 2 is 2.26 bits per heavy atom. The maximum absolute atomic E-state index is 11.4. The lowest BCUT2D eigenvalue weighted by atomic mass is 10.1. The van der Waals surface area contributed by atoms with Gasteiger partial charge in [0.05, 0.1) is 17.1 Å². The predicted molar refractivity (Wildman–Crippen MR) is 77.2 cm³/mol. The Balaban J connectivity index is 2.48. The van der Waals surface area contributed by atoms with Gasteiger partial charge in [-0.25, -0.2) is 4.79 Å². The molecule has 0 saturated carbocycles. The van der Waals surface area contributed by atoms with Gasteiger partial charge in [0.25, 0.3) is 0 Å². The third kappa shape index (κ3) is 3.12. The number of rotatable bonds is 3. The van der Waals surface area contributed by atoms with E-state index in [1.807, 2.05) is 25.1 Å². The van der Waals surface area contributed by atoms with Crippen molar-refractivity contribution in [3.63, 3.8) is 0 Å². The molecule has 0 aliphatic rings. The number of ether oxygens (including phenoxy) is 1. The maximum Gasteiger partial charge on any atom is 0.330 e. The van der Waals surface area contributed by atoms with Gasteiger partial charge in [-0.3, -0.25) is 4.98 Å². The van der Waals surface area contributed by atoms with E-state index < -0.39 is 0 Å². The molecule has 0 spiro atoms. The zero-order chi connectivity index (χ0) is 13.8. The maximum atomic E-state index is 11.4. The van der Waals surface area contributed by atoms with Crippen LogP contribution in [0.4, 0.5) is 0 Å². The first-order chi connectivity index (χ1) is 9.11. The number of hydrogen-bond donors (Lipinski definition) is 0. The Kier molecular flexibility index (Phi) is 4.17. The minimum atomic E-state index is -0.354. The third-order valence-electron chi connectivity index (χ3n) is 2.64. The van der Waals surface area contributed by atoms with E-state index in [2.05, 4.69) is 4.98 Å². The number of aryl methyl sites for hydroxylation is 1. The standard InChI is InChI=1S/C15H14ClNO2/c1-3-19-14(18)8-7-11-9-10(2)17-15-12(11)5-4-6-13(15)16/h4-9H,3H2,1-2H3/b8-7+. The van der Waals surface area contributed by atoms with Gasteiger partial charge in [-0.15, -0.1) is 0 Å². The fourth-order valence-electron chi connectivity index (χ4n) is 1.86. The molecule has 0 fully saturated rings. The van der Waals surface area contributed by atoms with Crippen LogP contribution < -0.4 is 0 Å². The smallest absolute Gasteiger partial charge is 0.330 e. The Morgan fingerprint density at radius 1 is 1.47 bits per heavy atom. The molecule has 0 unspecified atom stereocenters. The summed E-state index contributed by atoms with van der Waals surface area (Å²) < 4.78 is 4.86. The Hall–Kier alpha value is -1.87. The molecule has 0 aliphatic carbocycles. The molecular weight excluding hydrogens is 262 g/mol. The van der Waals surface area contributed by atoms with Gasteiger partial charge < -0.3 is 4.74 Å². The average molecular weight is 276 g/mol. The molecule has 19 heavy (non-hydrogen) atoms. The van der Waals surface area contributed by atoms with Gasteiger partial charge in [-0.05, 0) is 37.6 Å². The van der Waals surface area contributed by atoms with Crippen LogP contribution >= 0.6 is 11.6 Å². The van der Waals surface area contributed by atoms with Crippen molar-refractivity contribution in [1.29, 1.82) is 0 Å². The molecule has 1 heterocycles. The second-order valence-corrected chi connectivity index (χ2v) is 4.48. The van der Waals surface area contributed by atoms with E-state index in [0.717, 1.165) is 22.2 Å². The van der Waals surface area contributed by atoms with Crippen molar-refractivity contribution in [3.05, 3.63) is 46.6 Å². The van der Waals surface area contributed by atoms with Crippen molar-refractivity contribution in [2.24, 2.45) is 0 Å². The number of esters is 1. The SMILES string of the molecule is CCOC(=O)/C=C/c1cc(C)nc2c(Cl)cccc12. The van der Waals surface area contributed by atoms with Crippen molar-refractivity contribution >= 4 is 34.5 Å². The average Bonchev–Trinajstić information content (AvgIpc) is 2.37. The summed E-state index contributed by atoms with van der Waals surface area (Å²) in [5, 5.41) is 1.52. The largest absolute Gasteiger partial charge is 0.463 e. The number of aromatic nitrogens is 1. The highest BCUT2D eigenvalue weighted by Gasteiger charge is 2.05. The first-order valence-corrected chi connectivity index (χ1v) is 6.40. The van der Waals surface area contributed by atoms with E-state index in [1.165, 1.54) is 6.08 Å². The Bertz CT molecular complexity index is 650. The number of nitrogens with zero attached hydrogens (tertiary/aromatic N) is 1. The van der Waals surface area contributed by atoms with Crippen molar-refractivity contribution in [1.82, 2.24) is 4.98 Å². The normalized spacial score (nSPS) is 11.1. The van der Waals surface area contributed by atoms with Crippen LogP contribution in [0.25, 0.3) is 17.0 Å². The molecule has 4 heteroatoms. The molecule has 0 saturated heterocycles. The number of benzene rings is 1. The fourth-order valence-corrected chi connectivity index (χ4v) is 2.08. The van der Waals surface area contributed by atoms with E-state index >= 15 is 0 Å². The van der Waals surface area contributed by atoms with E-state index in [1.54, 1.807) is 19.1 Å². The molecule has 2 aromatic rings. The highest BCUT2D eigenvalue weighted by molar-refractivity contribution is 6.35. The summed E-state index contributed by atoms with van der Waals surface area (Å²) in [6, 6.07) is 7.51. The number of carbonyl (C=O) groups excluding carboxylic acids is 1. The molecule has 0 atom stereocenters. The molecule has 0 aliphatic heterocycles. The quantitative estimate of drug-likeness (QED) is 0.632. The predicted octanol–water partition coefficient (Wildman–Crippen LogP) is 3.77. The first-order valence-electron chi connectivity index (χ1n) is 6.02. The summed E-state index contributed by atoms with van der Waals surface area (Å²) in [5.74, 6) is -0.354. The molecular formula is C15H14ClNO2. The minimum Gasteiger partial charge on any atom is -0.463 e. The zero-order valence-corrected chi connectivity index (χ0v) is 11.6. The van der Waals surface area contributed by atoms with E-state index in [4.69, 9.17) is 16.3 Å². The summed E-state index contributed by atoms with van der Waals surface area (Å²) in [6.45, 7) is 4.03. The first kappa shape index (κ1) is 13.6. The summed E-state index contributed by atoms with van der Waals surface area (Å²) in [7, 11) is 0. The van der Waals surface area contributed by atoms with Crippen molar-refractivity contribution in [2.45, 2.75) is 13.8 Å². The van der Waals surface area contributed by atoms with Crippen molar-refractivity contribution in [3.8, 4) is 0 Å². The van der Waals surface area contributed by atoms with Gasteiger partial charge in [0.2, 0.25) is 0 Å². The van der Waals surface area contributed by atoms with Crippen LogP contribution in [-0.4, -0.2) is 17.6 Å². The van der Waals surface area contributed by atoms with Crippen LogP contribution in [0, 0.1) is 6.92 Å². The molecule has 0 bridgehead atoms. The molecule has 3 nitrogen and oxygen atoms in total. The van der Waals surface area contributed by atoms with E-state index in [-0.39, 0.29) is 5.97 Å². The lowest BCUT2D eigenvalue weighted by Gasteiger charge is -2.05. The monoisotopic (exact) mass is 275 g/mol. The van der Waals surface area contributed by atoms with Gasteiger partial charge >= 0.3 is 5.97 Å². The third-order valence-corrected chi connectivity index (χ3v) is 2.94. The van der Waals surface area contributed by atoms with Crippen LogP contribution in [0.15, 0.2) is 30.3 Å². The van der Waals surface area contributed by atoms with Gasteiger partial charge in [-0.2, -0.15) is 0 Å². The molecule has 0 radical (unpaired) electrons. The topological polar surface area (TPSA) is 39.2 Å². The second kappa shape index (κ2) is 5.85. The summed E-state index contributed by atoms with van der Waals surface area (Å²) in [4.78, 5) is 15.8. The second-order valence-electron chi connectivity index (χ2n) is 4.07. The van der Waals surface area contributed by atoms with Crippen LogP contribution in [-0.2, 0) is 9.53 Å². The molecule has 0 amide bonds. The molecule has 1 aromatic carbocycles. The highest BCUT2D eigenvalue weighted by atomic mass is 35.5. The number of fused-ring (bicyclic) bond motifs is 1. The highest BCUT2D eigenvalue weighted by Crippen LogP contribution is 2.25. The van der Waals surface area contributed by atoms with Crippen LogP contribution in [0.2, 0.25) is 5.02 Å². The Labute approximate surface area is 116 Å². The van der Waals surface area contributed by atoms with Crippen molar-refractivity contribution < 1.29 is 9.53 Å². The van der Waals surface area contributed by atoms with Gasteiger partial charge in [0.1, 0.15) is 0 Å². The fraction of sp³-hybridized carbons (Fsp3) is 0.200. The molecule has 98 valence electrons. The lowest BCUT2D eigenvalue weighted by Crippen LogP contribution is -1.98. The van der Waals surface area contributed by atoms with Gasteiger partial charge in [-0.1, -0.05) is 23.7 Å². The summed E-state index contributed by atoms with van der Waals surface area (Å²) >= 11 is 6.14. The number of carbonyl (C=O) groups is 1. The summed E-state index contributed by atoms with van der Waals surface area (Å²) in [6.07, 6.45) is 3.14. The molecule has 0 N–H and O–H groups in total. The lowest BCUT2D eigenvalue weighted by molar-refractivity contribution is -0.137. The minimum absolute atomic E-state index is 0.354. The molecule has 1 aromatic heterocycles. The van der Waals surface area contributed by atoms with Gasteiger partial charge in [0, 0.05) is 17.2 Å². The van der Waals surface area contributed by atoms with Crippen LogP contribution in [0.1, 0.15) is 18.2 Å². The number of pyridine rings is 1. The Morgan fingerprint density at radius 3 is 3.00 bits per heavy atom. The van der Waals surface area contributed by atoms with Crippen LogP contribution in [0.3, 0.4) is 0 Å². The number of halogens is 1. The van der Waals surface area contributed by atoms with E-state index in [9.17, 15) is 4.79 Å². The van der Waals surface area contributed by atoms with Crippen LogP contribution in [0.5, 0.6) is 0 Å². The molecule has 2 rings (SSSR count). The van der Waals surface area contributed by atoms with Crippen molar-refractivity contribution in [2.75, 3.05) is 6.61 Å². The van der Waals surface area contributed by atoms with Gasteiger partial charge in [0.15, 0.2) is 0 Å². The summed E-state index contributed by atoms with van der Waals surface area (Å²) in [5.41, 5.74) is 2.50.